The first-order valence-corrected chi connectivity index (χ1v) is 7.30. The Morgan fingerprint density at radius 2 is 1.28 bits per heavy atom. The molecule has 0 aromatic carbocycles. The van der Waals surface area contributed by atoms with Crippen LogP contribution in [0.4, 0.5) is 0 Å². The Bertz CT molecular complexity index is 507. The van der Waals surface area contributed by atoms with Gasteiger partial charge in [-0.1, -0.05) is 19.7 Å². The predicted octanol–water partition coefficient (Wildman–Crippen LogP) is 0.684. The van der Waals surface area contributed by atoms with E-state index in [1.807, 2.05) is 0 Å². The molecule has 0 aromatic rings. The Balaban J connectivity index is 0. The summed E-state index contributed by atoms with van der Waals surface area (Å²) in [5, 5.41) is 17.1. The highest BCUT2D eigenvalue weighted by Gasteiger charge is 2.16. The number of ether oxygens (including phenoxy) is 3. The van der Waals surface area contributed by atoms with Crippen LogP contribution >= 0.6 is 0 Å². The first-order chi connectivity index (χ1) is 11.6. The zero-order valence-corrected chi connectivity index (χ0v) is 14.9. The molecule has 25 heavy (non-hydrogen) atoms. The standard InChI is InChI=1S/C11H16O5.C6H10O3/c1-7(2)10(13)15-6-9(5-12)16-11(14)8(3)4;1-5(2)6(8)9-4-3-7/h9,12H,1,3,5-6H2,2,4H3;7H,1,3-4H2,2H3. The van der Waals surface area contributed by atoms with Crippen LogP contribution in [0.3, 0.4) is 0 Å². The van der Waals surface area contributed by atoms with Crippen molar-refractivity contribution < 1.29 is 38.8 Å². The monoisotopic (exact) mass is 358 g/mol. The van der Waals surface area contributed by atoms with Crippen molar-refractivity contribution in [3.63, 3.8) is 0 Å². The molecule has 0 fully saturated rings. The average molecular weight is 358 g/mol. The number of aliphatic hydroxyl groups is 2. The number of hydrogen-bond donors (Lipinski definition) is 2. The van der Waals surface area contributed by atoms with E-state index < -0.39 is 30.6 Å². The highest BCUT2D eigenvalue weighted by atomic mass is 16.6. The highest BCUT2D eigenvalue weighted by Crippen LogP contribution is 2.01. The third kappa shape index (κ3) is 13.7. The van der Waals surface area contributed by atoms with E-state index in [2.05, 4.69) is 24.5 Å². The van der Waals surface area contributed by atoms with E-state index in [4.69, 9.17) is 19.7 Å². The van der Waals surface area contributed by atoms with Gasteiger partial charge in [0.05, 0.1) is 13.2 Å². The molecule has 1 unspecified atom stereocenters. The summed E-state index contributed by atoms with van der Waals surface area (Å²) in [7, 11) is 0. The van der Waals surface area contributed by atoms with Gasteiger partial charge in [0.1, 0.15) is 13.2 Å². The molecule has 8 heteroatoms. The van der Waals surface area contributed by atoms with E-state index >= 15 is 0 Å². The summed E-state index contributed by atoms with van der Waals surface area (Å²) in [5.74, 6) is -1.68. The molecule has 0 aliphatic rings. The van der Waals surface area contributed by atoms with Gasteiger partial charge in [-0.05, 0) is 20.8 Å². The lowest BCUT2D eigenvalue weighted by molar-refractivity contribution is -0.156. The third-order valence-electron chi connectivity index (χ3n) is 2.25. The van der Waals surface area contributed by atoms with Crippen molar-refractivity contribution >= 4 is 17.9 Å². The lowest BCUT2D eigenvalue weighted by Crippen LogP contribution is -2.28. The largest absolute Gasteiger partial charge is 0.460 e. The van der Waals surface area contributed by atoms with E-state index in [1.165, 1.54) is 13.8 Å². The molecule has 1 atom stereocenters. The molecular formula is C17H26O8. The molecule has 8 nitrogen and oxygen atoms in total. The number of aliphatic hydroxyl groups excluding tert-OH is 2. The molecule has 0 aromatic heterocycles. The van der Waals surface area contributed by atoms with Gasteiger partial charge in [0.2, 0.25) is 0 Å². The van der Waals surface area contributed by atoms with Gasteiger partial charge in [0.25, 0.3) is 0 Å². The Morgan fingerprint density at radius 1 is 0.840 bits per heavy atom. The zero-order chi connectivity index (χ0) is 20.0. The maximum Gasteiger partial charge on any atom is 0.333 e. The van der Waals surface area contributed by atoms with Crippen LogP contribution in [-0.4, -0.2) is 60.7 Å². The van der Waals surface area contributed by atoms with E-state index in [1.54, 1.807) is 6.92 Å². The highest BCUT2D eigenvalue weighted by molar-refractivity contribution is 5.88. The summed E-state index contributed by atoms with van der Waals surface area (Å²) in [6, 6.07) is 0. The fourth-order valence-corrected chi connectivity index (χ4v) is 0.929. The topological polar surface area (TPSA) is 119 Å². The van der Waals surface area contributed by atoms with Crippen LogP contribution in [0.15, 0.2) is 36.5 Å². The van der Waals surface area contributed by atoms with Gasteiger partial charge in [-0.25, -0.2) is 14.4 Å². The van der Waals surface area contributed by atoms with Crippen LogP contribution < -0.4 is 0 Å². The Hall–Kier alpha value is -2.45. The minimum atomic E-state index is -0.882. The molecule has 142 valence electrons. The summed E-state index contributed by atoms with van der Waals surface area (Å²) in [4.78, 5) is 32.6. The molecular weight excluding hydrogens is 332 g/mol. The van der Waals surface area contributed by atoms with Crippen molar-refractivity contribution in [2.24, 2.45) is 0 Å². The lowest BCUT2D eigenvalue weighted by atomic mass is 10.3. The molecule has 0 radical (unpaired) electrons. The van der Waals surface area contributed by atoms with E-state index in [0.717, 1.165) is 0 Å². The predicted molar refractivity (Wildman–Crippen MR) is 90.4 cm³/mol. The minimum Gasteiger partial charge on any atom is -0.460 e. The first kappa shape index (κ1) is 24.8. The zero-order valence-electron chi connectivity index (χ0n) is 14.9. The number of hydrogen-bond acceptors (Lipinski definition) is 8. The molecule has 0 spiro atoms. The van der Waals surface area contributed by atoms with Crippen molar-refractivity contribution in [1.82, 2.24) is 0 Å². The van der Waals surface area contributed by atoms with Crippen molar-refractivity contribution in [1.29, 1.82) is 0 Å². The lowest BCUT2D eigenvalue weighted by Gasteiger charge is -2.15. The number of carbonyl (C=O) groups excluding carboxylic acids is 3. The maximum atomic E-state index is 11.1. The van der Waals surface area contributed by atoms with Crippen molar-refractivity contribution in [3.8, 4) is 0 Å². The SMILES string of the molecule is C=C(C)C(=O)OCC(CO)OC(=O)C(=C)C.C=C(C)C(=O)OCCO. The van der Waals surface area contributed by atoms with Crippen LogP contribution in [0.5, 0.6) is 0 Å². The molecule has 0 rings (SSSR count). The van der Waals surface area contributed by atoms with E-state index in [-0.39, 0.29) is 31.0 Å². The number of esters is 3. The second-order valence-corrected chi connectivity index (χ2v) is 5.01. The van der Waals surface area contributed by atoms with E-state index in [0.29, 0.717) is 5.57 Å². The van der Waals surface area contributed by atoms with Crippen molar-refractivity contribution in [2.75, 3.05) is 26.4 Å². The maximum absolute atomic E-state index is 11.1. The summed E-state index contributed by atoms with van der Waals surface area (Å²) in [6.07, 6.45) is -0.882. The van der Waals surface area contributed by atoms with Gasteiger partial charge in [0.15, 0.2) is 6.10 Å². The van der Waals surface area contributed by atoms with Crippen molar-refractivity contribution in [2.45, 2.75) is 26.9 Å². The second-order valence-electron chi connectivity index (χ2n) is 5.01. The minimum absolute atomic E-state index is 0.0473. The van der Waals surface area contributed by atoms with Crippen LogP contribution in [0.25, 0.3) is 0 Å². The van der Waals surface area contributed by atoms with Gasteiger partial charge >= 0.3 is 17.9 Å². The summed E-state index contributed by atoms with van der Waals surface area (Å²) in [6.45, 7) is 13.9. The van der Waals surface area contributed by atoms with Crippen LogP contribution in [-0.2, 0) is 28.6 Å². The number of carbonyl (C=O) groups is 3. The fourth-order valence-electron chi connectivity index (χ4n) is 0.929. The quantitative estimate of drug-likeness (QED) is 0.351. The molecule has 0 heterocycles. The smallest absolute Gasteiger partial charge is 0.333 e. The molecule has 0 aliphatic carbocycles. The molecule has 0 bridgehead atoms. The summed E-state index contributed by atoms with van der Waals surface area (Å²) >= 11 is 0. The third-order valence-corrected chi connectivity index (χ3v) is 2.25. The van der Waals surface area contributed by atoms with E-state index in [9.17, 15) is 14.4 Å². The van der Waals surface area contributed by atoms with Crippen LogP contribution in [0.1, 0.15) is 20.8 Å². The normalized spacial score (nSPS) is 10.4. The average Bonchev–Trinajstić information content (AvgIpc) is 2.55. The van der Waals surface area contributed by atoms with Crippen molar-refractivity contribution in [3.05, 3.63) is 36.5 Å². The van der Waals surface area contributed by atoms with Gasteiger partial charge in [0, 0.05) is 16.7 Å². The molecule has 0 saturated heterocycles. The Morgan fingerprint density at radius 3 is 1.64 bits per heavy atom. The van der Waals surface area contributed by atoms with Crippen LogP contribution in [0.2, 0.25) is 0 Å². The summed E-state index contributed by atoms with van der Waals surface area (Å²) in [5.41, 5.74) is 0.802. The molecule has 0 aliphatic heterocycles. The molecule has 2 N–H and O–H groups in total. The first-order valence-electron chi connectivity index (χ1n) is 7.30. The van der Waals surface area contributed by atoms with Gasteiger partial charge in [-0.15, -0.1) is 0 Å². The fraction of sp³-hybridized carbons (Fsp3) is 0.471. The molecule has 0 saturated carbocycles. The Kier molecular flexibility index (Phi) is 13.8. The Labute approximate surface area is 147 Å². The van der Waals surface area contributed by atoms with Gasteiger partial charge < -0.3 is 24.4 Å². The van der Waals surface area contributed by atoms with Crippen LogP contribution in [0, 0.1) is 0 Å². The summed E-state index contributed by atoms with van der Waals surface area (Å²) < 4.78 is 14.0. The second kappa shape index (κ2) is 13.9. The van der Waals surface area contributed by atoms with Gasteiger partial charge in [-0.3, -0.25) is 0 Å². The number of rotatable bonds is 9. The van der Waals surface area contributed by atoms with Gasteiger partial charge in [-0.2, -0.15) is 0 Å². The molecule has 0 amide bonds.